The number of carbonyl (C=O) groups is 1. The van der Waals surface area contributed by atoms with Gasteiger partial charge in [0.2, 0.25) is 15.9 Å². The molecule has 8 nitrogen and oxygen atoms in total. The minimum absolute atomic E-state index is 0.133. The zero-order chi connectivity index (χ0) is 22.1. The maximum Gasteiger partial charge on any atom is 0.240 e. The molecule has 1 unspecified atom stereocenters. The number of hydrogen-bond acceptors (Lipinski definition) is 6. The number of hydrogen-bond donors (Lipinski definition) is 3. The molecular weight excluding hydrogens is 420 g/mol. The average molecular weight is 449 g/mol. The molecule has 1 aliphatic rings. The Labute approximate surface area is 182 Å². The van der Waals surface area contributed by atoms with Crippen molar-refractivity contribution in [3.8, 4) is 11.5 Å². The monoisotopic (exact) mass is 448 g/mol. The average Bonchev–Trinajstić information content (AvgIpc) is 2.80. The molecule has 1 atom stereocenters. The number of aliphatic hydroxyl groups is 1. The molecule has 3 N–H and O–H groups in total. The number of nitrogens with one attached hydrogen (secondary N) is 2. The molecule has 0 aliphatic carbocycles. The fourth-order valence-electron chi connectivity index (χ4n) is 3.16. The summed E-state index contributed by atoms with van der Waals surface area (Å²) in [5.41, 5.74) is 0.757. The fourth-order valence-corrected chi connectivity index (χ4v) is 4.25. The van der Waals surface area contributed by atoms with Gasteiger partial charge in [0.05, 0.1) is 11.0 Å². The van der Waals surface area contributed by atoms with Gasteiger partial charge in [-0.15, -0.1) is 0 Å². The van der Waals surface area contributed by atoms with Crippen LogP contribution >= 0.6 is 0 Å². The largest absolute Gasteiger partial charge is 0.486 e. The number of amides is 1. The Hall–Kier alpha value is -2.62. The summed E-state index contributed by atoms with van der Waals surface area (Å²) < 4.78 is 38.3. The molecule has 3 rings (SSSR count). The molecule has 9 heteroatoms. The highest BCUT2D eigenvalue weighted by molar-refractivity contribution is 7.89. The number of unbranched alkanes of at least 4 members (excludes halogenated alkanes) is 2. The lowest BCUT2D eigenvalue weighted by Gasteiger charge is -2.18. The topological polar surface area (TPSA) is 114 Å². The Kier molecular flexibility index (Phi) is 8.27. The minimum atomic E-state index is -3.63. The number of rotatable bonds is 11. The summed E-state index contributed by atoms with van der Waals surface area (Å²) in [6.07, 6.45) is 1.55. The van der Waals surface area contributed by atoms with Crippen molar-refractivity contribution in [2.45, 2.75) is 36.7 Å². The van der Waals surface area contributed by atoms with Crippen LogP contribution in [0.4, 0.5) is 0 Å². The van der Waals surface area contributed by atoms with E-state index in [1.54, 1.807) is 6.07 Å². The van der Waals surface area contributed by atoms with Crippen LogP contribution in [0.25, 0.3) is 0 Å². The van der Waals surface area contributed by atoms with Crippen molar-refractivity contribution >= 4 is 15.9 Å². The molecule has 1 amide bonds. The van der Waals surface area contributed by atoms with E-state index in [4.69, 9.17) is 9.47 Å². The van der Waals surface area contributed by atoms with Crippen molar-refractivity contribution in [1.82, 2.24) is 10.0 Å². The van der Waals surface area contributed by atoms with Gasteiger partial charge in [-0.1, -0.05) is 36.8 Å². The maximum atomic E-state index is 12.4. The predicted molar refractivity (Wildman–Crippen MR) is 116 cm³/mol. The SMILES string of the molecule is O=C(CCCCCNS(=O)(=O)c1ccc2c(c1)OCCO2)NCC(O)c1ccccc1. The highest BCUT2D eigenvalue weighted by Gasteiger charge is 2.19. The molecule has 0 aromatic heterocycles. The Bertz CT molecular complexity index is 965. The van der Waals surface area contributed by atoms with Gasteiger partial charge in [-0.25, -0.2) is 13.1 Å². The number of sulfonamides is 1. The van der Waals surface area contributed by atoms with Crippen molar-refractivity contribution in [3.05, 3.63) is 54.1 Å². The highest BCUT2D eigenvalue weighted by atomic mass is 32.2. The first kappa shape index (κ1) is 23.1. The van der Waals surface area contributed by atoms with Gasteiger partial charge in [-0.2, -0.15) is 0 Å². The lowest BCUT2D eigenvalue weighted by molar-refractivity contribution is -0.121. The standard InChI is InChI=1S/C22H28N2O6S/c25-19(17-7-3-1-4-8-17)16-23-22(26)9-5-2-6-12-24-31(27,28)18-10-11-20-21(15-18)30-14-13-29-20/h1,3-4,7-8,10-11,15,19,24-25H,2,5-6,9,12-14,16H2,(H,23,26). The van der Waals surface area contributed by atoms with Gasteiger partial charge in [-0.05, 0) is 30.5 Å². The fraction of sp³-hybridized carbons (Fsp3) is 0.409. The molecule has 0 radical (unpaired) electrons. The molecule has 31 heavy (non-hydrogen) atoms. The third-order valence-corrected chi connectivity index (χ3v) is 6.33. The van der Waals surface area contributed by atoms with E-state index in [1.165, 1.54) is 12.1 Å². The molecule has 2 aromatic carbocycles. The highest BCUT2D eigenvalue weighted by Crippen LogP contribution is 2.32. The first-order valence-electron chi connectivity index (χ1n) is 10.3. The van der Waals surface area contributed by atoms with E-state index in [0.29, 0.717) is 50.4 Å². The summed E-state index contributed by atoms with van der Waals surface area (Å²) in [5.74, 6) is 0.837. The Morgan fingerprint density at radius 3 is 2.52 bits per heavy atom. The molecule has 0 fully saturated rings. The summed E-state index contributed by atoms with van der Waals surface area (Å²) in [7, 11) is -3.63. The van der Waals surface area contributed by atoms with E-state index in [1.807, 2.05) is 30.3 Å². The van der Waals surface area contributed by atoms with E-state index in [9.17, 15) is 18.3 Å². The van der Waals surface area contributed by atoms with Crippen LogP contribution in [0, 0.1) is 0 Å². The molecule has 168 valence electrons. The second kappa shape index (κ2) is 11.1. The molecule has 0 spiro atoms. The lowest BCUT2D eigenvalue weighted by atomic mass is 10.1. The number of ether oxygens (including phenoxy) is 2. The van der Waals surface area contributed by atoms with Crippen LogP contribution in [0.2, 0.25) is 0 Å². The minimum Gasteiger partial charge on any atom is -0.486 e. The Morgan fingerprint density at radius 1 is 1.00 bits per heavy atom. The van der Waals surface area contributed by atoms with Gasteiger partial charge >= 0.3 is 0 Å². The molecule has 0 saturated heterocycles. The van der Waals surface area contributed by atoms with Crippen LogP contribution in [0.15, 0.2) is 53.4 Å². The van der Waals surface area contributed by atoms with E-state index in [-0.39, 0.29) is 23.9 Å². The first-order chi connectivity index (χ1) is 15.0. The van der Waals surface area contributed by atoms with E-state index >= 15 is 0 Å². The molecule has 2 aromatic rings. The van der Waals surface area contributed by atoms with Crippen molar-refractivity contribution in [1.29, 1.82) is 0 Å². The number of benzene rings is 2. The van der Waals surface area contributed by atoms with Crippen LogP contribution < -0.4 is 19.5 Å². The van der Waals surface area contributed by atoms with Crippen LogP contribution in [0.5, 0.6) is 11.5 Å². The number of aliphatic hydroxyl groups excluding tert-OH is 1. The Morgan fingerprint density at radius 2 is 1.74 bits per heavy atom. The summed E-state index contributed by atoms with van der Waals surface area (Å²) >= 11 is 0. The second-order valence-electron chi connectivity index (χ2n) is 7.24. The lowest BCUT2D eigenvalue weighted by Crippen LogP contribution is -2.28. The van der Waals surface area contributed by atoms with Gasteiger partial charge in [-0.3, -0.25) is 4.79 Å². The second-order valence-corrected chi connectivity index (χ2v) is 9.01. The summed E-state index contributed by atoms with van der Waals surface area (Å²) in [4.78, 5) is 12.0. The van der Waals surface area contributed by atoms with Crippen LogP contribution in [0.3, 0.4) is 0 Å². The summed E-state index contributed by atoms with van der Waals surface area (Å²) in [5, 5.41) is 12.8. The Balaban J connectivity index is 1.31. The van der Waals surface area contributed by atoms with Gasteiger partial charge < -0.3 is 19.9 Å². The van der Waals surface area contributed by atoms with Crippen molar-refractivity contribution < 1.29 is 27.8 Å². The predicted octanol–water partition coefficient (Wildman–Crippen LogP) is 2.15. The first-order valence-corrected chi connectivity index (χ1v) is 11.8. The third kappa shape index (κ3) is 6.95. The normalized spacial score (nSPS) is 14.1. The van der Waals surface area contributed by atoms with Crippen molar-refractivity contribution in [3.63, 3.8) is 0 Å². The quantitative estimate of drug-likeness (QED) is 0.454. The third-order valence-electron chi connectivity index (χ3n) is 4.87. The van der Waals surface area contributed by atoms with Gasteiger partial charge in [0.25, 0.3) is 0 Å². The van der Waals surface area contributed by atoms with E-state index in [2.05, 4.69) is 10.0 Å². The number of fused-ring (bicyclic) bond motifs is 1. The van der Waals surface area contributed by atoms with E-state index in [0.717, 1.165) is 5.56 Å². The van der Waals surface area contributed by atoms with Gasteiger partial charge in [0.15, 0.2) is 11.5 Å². The van der Waals surface area contributed by atoms with Crippen LogP contribution in [-0.4, -0.2) is 45.7 Å². The zero-order valence-electron chi connectivity index (χ0n) is 17.2. The molecule has 0 saturated carbocycles. The number of carbonyl (C=O) groups excluding carboxylic acids is 1. The van der Waals surface area contributed by atoms with E-state index < -0.39 is 16.1 Å². The molecular formula is C22H28N2O6S. The van der Waals surface area contributed by atoms with Crippen LogP contribution in [0.1, 0.15) is 37.4 Å². The van der Waals surface area contributed by atoms with Crippen molar-refractivity contribution in [2.24, 2.45) is 0 Å². The summed E-state index contributed by atoms with van der Waals surface area (Å²) in [6, 6.07) is 13.7. The molecule has 1 aliphatic heterocycles. The van der Waals surface area contributed by atoms with Crippen LogP contribution in [-0.2, 0) is 14.8 Å². The molecule has 1 heterocycles. The zero-order valence-corrected chi connectivity index (χ0v) is 18.1. The van der Waals surface area contributed by atoms with Gasteiger partial charge in [0, 0.05) is 25.6 Å². The summed E-state index contributed by atoms with van der Waals surface area (Å²) in [6.45, 7) is 1.29. The maximum absolute atomic E-state index is 12.4. The molecule has 0 bridgehead atoms. The van der Waals surface area contributed by atoms with Gasteiger partial charge in [0.1, 0.15) is 13.2 Å². The van der Waals surface area contributed by atoms with Crippen molar-refractivity contribution in [2.75, 3.05) is 26.3 Å². The smallest absolute Gasteiger partial charge is 0.240 e.